The highest BCUT2D eigenvalue weighted by Gasteiger charge is 2.30. The fraction of sp³-hybridized carbons (Fsp3) is 0.536. The standard InChI is InChI=1S/C28H41N3O5S/c1-6-20(5)26(29)28(33)30-16-19(4)14-22-8-7-9-24(27(22)32)31(17-18(2)3)37(34,35)23-10-11-25-21(15-23)12-13-36-25/h7-11,15,18-20,26,32H,6,12-14,16-17,29H2,1-5H3,(H,30,33)/t19?,20-,26+/m0/s1. The van der Waals surface area contributed by atoms with Gasteiger partial charge in [0.2, 0.25) is 5.91 Å². The lowest BCUT2D eigenvalue weighted by molar-refractivity contribution is -0.123. The number of fused-ring (bicyclic) bond motifs is 1. The number of nitrogens with zero attached hydrogens (tertiary/aromatic N) is 1. The minimum absolute atomic E-state index is 0.00102. The Kier molecular flexibility index (Phi) is 9.47. The SMILES string of the molecule is CC[C@H](C)[C@@H](N)C(=O)NCC(C)Cc1cccc(N(CC(C)C)S(=O)(=O)c2ccc3c(c2)CCO3)c1O. The van der Waals surface area contributed by atoms with E-state index < -0.39 is 16.1 Å². The van der Waals surface area contributed by atoms with Gasteiger partial charge in [0.05, 0.1) is 23.2 Å². The number of sulfonamides is 1. The molecule has 0 aromatic heterocycles. The van der Waals surface area contributed by atoms with Crippen LogP contribution in [0.2, 0.25) is 0 Å². The van der Waals surface area contributed by atoms with Crippen molar-refractivity contribution in [2.75, 3.05) is 24.0 Å². The van der Waals surface area contributed by atoms with Crippen LogP contribution in [0.4, 0.5) is 5.69 Å². The van der Waals surface area contributed by atoms with E-state index in [0.717, 1.165) is 12.0 Å². The normalized spacial score (nSPS) is 15.5. The number of rotatable bonds is 12. The molecular formula is C28H41N3O5S. The van der Waals surface area contributed by atoms with E-state index in [2.05, 4.69) is 5.32 Å². The number of hydrogen-bond acceptors (Lipinski definition) is 6. The van der Waals surface area contributed by atoms with Gasteiger partial charge < -0.3 is 20.9 Å². The Morgan fingerprint density at radius 1 is 1.19 bits per heavy atom. The summed E-state index contributed by atoms with van der Waals surface area (Å²) < 4.78 is 34.4. The summed E-state index contributed by atoms with van der Waals surface area (Å²) in [5, 5.41) is 14.1. The number of amides is 1. The Morgan fingerprint density at radius 3 is 2.59 bits per heavy atom. The maximum atomic E-state index is 13.8. The summed E-state index contributed by atoms with van der Waals surface area (Å²) in [5.74, 6) is 0.577. The van der Waals surface area contributed by atoms with Gasteiger partial charge in [-0.2, -0.15) is 0 Å². The predicted octanol–water partition coefficient (Wildman–Crippen LogP) is 3.85. The number of carbonyl (C=O) groups is 1. The van der Waals surface area contributed by atoms with Crippen molar-refractivity contribution in [2.24, 2.45) is 23.5 Å². The third kappa shape index (κ3) is 6.76. The number of anilines is 1. The minimum Gasteiger partial charge on any atom is -0.505 e. The summed E-state index contributed by atoms with van der Waals surface area (Å²) in [6, 6.07) is 9.54. The van der Waals surface area contributed by atoms with E-state index in [4.69, 9.17) is 10.5 Å². The molecule has 2 aromatic carbocycles. The van der Waals surface area contributed by atoms with Crippen LogP contribution in [0, 0.1) is 17.8 Å². The van der Waals surface area contributed by atoms with Crippen LogP contribution in [0.1, 0.15) is 52.2 Å². The molecule has 1 amide bonds. The Morgan fingerprint density at radius 2 is 1.92 bits per heavy atom. The van der Waals surface area contributed by atoms with Crippen LogP contribution in [0.25, 0.3) is 0 Å². The minimum atomic E-state index is -3.93. The van der Waals surface area contributed by atoms with Crippen molar-refractivity contribution in [3.05, 3.63) is 47.5 Å². The zero-order chi connectivity index (χ0) is 27.3. The first kappa shape index (κ1) is 28.8. The summed E-state index contributed by atoms with van der Waals surface area (Å²) in [4.78, 5) is 12.5. The molecule has 0 bridgehead atoms. The summed E-state index contributed by atoms with van der Waals surface area (Å²) in [5.41, 5.74) is 7.76. The Bertz CT molecular complexity index is 1200. The van der Waals surface area contributed by atoms with Crippen molar-refractivity contribution < 1.29 is 23.1 Å². The number of ether oxygens (including phenoxy) is 1. The van der Waals surface area contributed by atoms with Gasteiger partial charge >= 0.3 is 0 Å². The van der Waals surface area contributed by atoms with Crippen LogP contribution < -0.4 is 20.1 Å². The van der Waals surface area contributed by atoms with Gasteiger partial charge in [-0.25, -0.2) is 8.42 Å². The number of benzene rings is 2. The van der Waals surface area contributed by atoms with Crippen LogP contribution in [0.5, 0.6) is 11.5 Å². The molecule has 37 heavy (non-hydrogen) atoms. The van der Waals surface area contributed by atoms with Crippen LogP contribution in [0.15, 0.2) is 41.3 Å². The van der Waals surface area contributed by atoms with Gasteiger partial charge in [0.25, 0.3) is 10.0 Å². The molecule has 1 heterocycles. The topological polar surface area (TPSA) is 122 Å². The number of para-hydroxylation sites is 1. The van der Waals surface area contributed by atoms with Crippen molar-refractivity contribution in [3.8, 4) is 11.5 Å². The first-order chi connectivity index (χ1) is 17.4. The van der Waals surface area contributed by atoms with Gasteiger partial charge in [0.1, 0.15) is 11.5 Å². The van der Waals surface area contributed by atoms with E-state index in [-0.39, 0.29) is 46.5 Å². The van der Waals surface area contributed by atoms with E-state index in [1.807, 2.05) is 34.6 Å². The first-order valence-electron chi connectivity index (χ1n) is 13.1. The third-order valence-corrected chi connectivity index (χ3v) is 8.68. The van der Waals surface area contributed by atoms with Gasteiger partial charge in [-0.05, 0) is 59.6 Å². The second-order valence-corrected chi connectivity index (χ2v) is 12.4. The fourth-order valence-electron chi connectivity index (χ4n) is 4.40. The Labute approximate surface area is 221 Å². The zero-order valence-corrected chi connectivity index (χ0v) is 23.3. The quantitative estimate of drug-likeness (QED) is 0.383. The van der Waals surface area contributed by atoms with E-state index >= 15 is 0 Å². The first-order valence-corrected chi connectivity index (χ1v) is 14.5. The molecule has 1 unspecified atom stereocenters. The van der Waals surface area contributed by atoms with E-state index in [0.29, 0.717) is 37.3 Å². The molecule has 4 N–H and O–H groups in total. The second kappa shape index (κ2) is 12.2. The number of aromatic hydroxyl groups is 1. The number of phenols is 1. The monoisotopic (exact) mass is 531 g/mol. The summed E-state index contributed by atoms with van der Waals surface area (Å²) in [6.45, 7) is 11.0. The van der Waals surface area contributed by atoms with E-state index in [1.54, 1.807) is 36.4 Å². The molecule has 0 spiro atoms. The lowest BCUT2D eigenvalue weighted by Crippen LogP contribution is -2.45. The number of nitrogens with one attached hydrogen (secondary N) is 1. The average Bonchev–Trinajstić information content (AvgIpc) is 3.34. The highest BCUT2D eigenvalue weighted by atomic mass is 32.2. The molecule has 2 aromatic rings. The molecule has 0 saturated heterocycles. The molecule has 0 radical (unpaired) electrons. The lowest BCUT2D eigenvalue weighted by Gasteiger charge is -2.28. The van der Waals surface area contributed by atoms with E-state index in [1.165, 1.54) is 4.31 Å². The van der Waals surface area contributed by atoms with Crippen LogP contribution in [-0.2, 0) is 27.7 Å². The Balaban J connectivity index is 1.83. The maximum Gasteiger partial charge on any atom is 0.264 e. The Hall–Kier alpha value is -2.78. The van der Waals surface area contributed by atoms with Gasteiger partial charge in [0.15, 0.2) is 0 Å². The van der Waals surface area contributed by atoms with Gasteiger partial charge in [-0.15, -0.1) is 0 Å². The number of nitrogens with two attached hydrogens (primary N) is 1. The average molecular weight is 532 g/mol. The smallest absolute Gasteiger partial charge is 0.264 e. The lowest BCUT2D eigenvalue weighted by atomic mass is 9.97. The van der Waals surface area contributed by atoms with Gasteiger partial charge in [0, 0.05) is 19.5 Å². The van der Waals surface area contributed by atoms with Crippen molar-refractivity contribution >= 4 is 21.6 Å². The molecular weight excluding hydrogens is 490 g/mol. The third-order valence-electron chi connectivity index (χ3n) is 6.90. The number of hydrogen-bond donors (Lipinski definition) is 3. The van der Waals surface area contributed by atoms with Crippen molar-refractivity contribution in [1.29, 1.82) is 0 Å². The van der Waals surface area contributed by atoms with Crippen LogP contribution in [-0.4, -0.2) is 45.2 Å². The van der Waals surface area contributed by atoms with Crippen molar-refractivity contribution in [2.45, 2.75) is 64.8 Å². The number of carbonyl (C=O) groups excluding carboxylic acids is 1. The predicted molar refractivity (Wildman–Crippen MR) is 146 cm³/mol. The molecule has 0 saturated carbocycles. The molecule has 1 aliphatic heterocycles. The van der Waals surface area contributed by atoms with Crippen LogP contribution >= 0.6 is 0 Å². The van der Waals surface area contributed by atoms with Gasteiger partial charge in [-0.3, -0.25) is 9.10 Å². The summed E-state index contributed by atoms with van der Waals surface area (Å²) in [6.07, 6.45) is 1.95. The molecule has 8 nitrogen and oxygen atoms in total. The molecule has 0 fully saturated rings. The maximum absolute atomic E-state index is 13.8. The van der Waals surface area contributed by atoms with Gasteiger partial charge in [-0.1, -0.05) is 53.2 Å². The summed E-state index contributed by atoms with van der Waals surface area (Å²) in [7, 11) is -3.93. The molecule has 3 rings (SSSR count). The zero-order valence-electron chi connectivity index (χ0n) is 22.5. The number of phenolic OH excluding ortho intramolecular Hbond substituents is 1. The van der Waals surface area contributed by atoms with Crippen LogP contribution in [0.3, 0.4) is 0 Å². The highest BCUT2D eigenvalue weighted by molar-refractivity contribution is 7.92. The van der Waals surface area contributed by atoms with Crippen molar-refractivity contribution in [3.63, 3.8) is 0 Å². The fourth-order valence-corrected chi connectivity index (χ4v) is 6.09. The van der Waals surface area contributed by atoms with Crippen molar-refractivity contribution in [1.82, 2.24) is 5.32 Å². The molecule has 0 aliphatic carbocycles. The molecule has 204 valence electrons. The molecule has 9 heteroatoms. The largest absolute Gasteiger partial charge is 0.505 e. The molecule has 1 aliphatic rings. The second-order valence-electron chi connectivity index (χ2n) is 10.5. The van der Waals surface area contributed by atoms with E-state index in [9.17, 15) is 18.3 Å². The summed E-state index contributed by atoms with van der Waals surface area (Å²) >= 11 is 0. The molecule has 3 atom stereocenters. The highest BCUT2D eigenvalue weighted by Crippen LogP contribution is 2.37.